The first-order valence-electron chi connectivity index (χ1n) is 13.2. The van der Waals surface area contributed by atoms with E-state index in [1.807, 2.05) is 75.4 Å². The predicted octanol–water partition coefficient (Wildman–Crippen LogP) is 5.19. The maximum Gasteiger partial charge on any atom is 0.247 e. The molecule has 0 saturated carbocycles. The van der Waals surface area contributed by atoms with Crippen LogP contribution in [-0.2, 0) is 22.7 Å². The topological polar surface area (TPSA) is 93.0 Å². The maximum absolute atomic E-state index is 14.1. The number of pyridine rings is 1. The molecule has 0 radical (unpaired) electrons. The second-order valence-electron chi connectivity index (χ2n) is 10.5. The first-order valence-corrected chi connectivity index (χ1v) is 13.2. The van der Waals surface area contributed by atoms with Crippen molar-refractivity contribution in [2.75, 3.05) is 0 Å². The molecule has 0 aliphatic rings. The van der Waals surface area contributed by atoms with E-state index in [0.29, 0.717) is 28.6 Å². The third-order valence-electron chi connectivity index (χ3n) is 7.14. The van der Waals surface area contributed by atoms with E-state index in [1.165, 1.54) is 21.7 Å². The fraction of sp³-hybridized carbons (Fsp3) is 0.258. The second kappa shape index (κ2) is 11.2. The summed E-state index contributed by atoms with van der Waals surface area (Å²) < 4.78 is 15.3. The number of carbonyl (C=O) groups is 2. The summed E-state index contributed by atoms with van der Waals surface area (Å²) in [6, 6.07) is 21.7. The zero-order chi connectivity index (χ0) is 28.3. The minimum absolute atomic E-state index is 0.0848. The summed E-state index contributed by atoms with van der Waals surface area (Å²) in [5.74, 6) is -1.02. The van der Waals surface area contributed by atoms with Crippen molar-refractivity contribution in [3.8, 4) is 0 Å². The number of nitrogens with one attached hydrogen (secondary N) is 1. The molecule has 9 heteroatoms. The molecule has 204 valence electrons. The Morgan fingerprint density at radius 1 is 1.00 bits per heavy atom. The molecular weight excluding hydrogens is 507 g/mol. The summed E-state index contributed by atoms with van der Waals surface area (Å²) in [7, 11) is 0. The van der Waals surface area contributed by atoms with Crippen LogP contribution in [0.5, 0.6) is 0 Å². The molecule has 0 aliphatic carbocycles. The summed E-state index contributed by atoms with van der Waals surface area (Å²) in [4.78, 5) is 34.1. The van der Waals surface area contributed by atoms with Crippen molar-refractivity contribution in [3.63, 3.8) is 0 Å². The van der Waals surface area contributed by atoms with E-state index in [9.17, 15) is 14.0 Å². The number of fused-ring (bicyclic) bond motifs is 2. The molecule has 5 rings (SSSR count). The molecule has 3 aromatic carbocycles. The molecule has 2 amide bonds. The van der Waals surface area contributed by atoms with E-state index in [2.05, 4.69) is 20.6 Å². The Kier molecular flexibility index (Phi) is 7.55. The van der Waals surface area contributed by atoms with Crippen molar-refractivity contribution < 1.29 is 14.0 Å². The lowest BCUT2D eigenvalue weighted by atomic mass is 9.97. The SMILES string of the molecule is CCC(C)(C)NC(=O)[C@@H](c1ccc2ncccc2c1)N(Cc1ccc(F)cc1)C(=O)Cn1nnc2ccccc21. The van der Waals surface area contributed by atoms with Gasteiger partial charge in [0.15, 0.2) is 0 Å². The third-order valence-corrected chi connectivity index (χ3v) is 7.14. The van der Waals surface area contributed by atoms with Crippen LogP contribution in [-0.4, -0.2) is 42.2 Å². The van der Waals surface area contributed by atoms with Gasteiger partial charge in [0, 0.05) is 23.7 Å². The van der Waals surface area contributed by atoms with Crippen molar-refractivity contribution in [3.05, 3.63) is 102 Å². The molecule has 5 aromatic rings. The van der Waals surface area contributed by atoms with Gasteiger partial charge in [0.2, 0.25) is 11.8 Å². The van der Waals surface area contributed by atoms with Crippen LogP contribution in [0.2, 0.25) is 0 Å². The summed E-state index contributed by atoms with van der Waals surface area (Å²) in [6.45, 7) is 5.84. The average Bonchev–Trinajstić information content (AvgIpc) is 3.36. The maximum atomic E-state index is 14.1. The van der Waals surface area contributed by atoms with Gasteiger partial charge in [-0.15, -0.1) is 5.10 Å². The molecule has 40 heavy (non-hydrogen) atoms. The average molecular weight is 539 g/mol. The van der Waals surface area contributed by atoms with Gasteiger partial charge in [-0.25, -0.2) is 9.07 Å². The number of halogens is 1. The molecule has 0 fully saturated rings. The van der Waals surface area contributed by atoms with Crippen molar-refractivity contribution in [2.45, 2.75) is 51.9 Å². The smallest absolute Gasteiger partial charge is 0.247 e. The minimum Gasteiger partial charge on any atom is -0.349 e. The number of aromatic nitrogens is 4. The van der Waals surface area contributed by atoms with Gasteiger partial charge in [0.05, 0.1) is 11.0 Å². The highest BCUT2D eigenvalue weighted by Crippen LogP contribution is 2.28. The molecule has 8 nitrogen and oxygen atoms in total. The number of hydrogen-bond acceptors (Lipinski definition) is 5. The van der Waals surface area contributed by atoms with E-state index in [4.69, 9.17) is 0 Å². The number of hydrogen-bond donors (Lipinski definition) is 1. The predicted molar refractivity (Wildman–Crippen MR) is 151 cm³/mol. The summed E-state index contributed by atoms with van der Waals surface area (Å²) in [6.07, 6.45) is 2.41. The second-order valence-corrected chi connectivity index (χ2v) is 10.5. The molecule has 0 spiro atoms. The molecule has 1 N–H and O–H groups in total. The molecule has 2 aromatic heterocycles. The Morgan fingerprint density at radius 2 is 1.77 bits per heavy atom. The highest BCUT2D eigenvalue weighted by Gasteiger charge is 2.34. The number of rotatable bonds is 9. The van der Waals surface area contributed by atoms with Gasteiger partial charge in [0.25, 0.3) is 0 Å². The van der Waals surface area contributed by atoms with E-state index in [0.717, 1.165) is 10.9 Å². The standard InChI is InChI=1S/C31H31FN6O2/c1-4-31(2,3)34-30(40)29(23-13-16-25-22(18-23)8-7-17-33-25)37(19-21-11-14-24(32)15-12-21)28(39)20-38-27-10-6-5-9-26(27)35-36-38/h5-18,29H,4,19-20H2,1-3H3,(H,34,40)/t29-/m1/s1. The van der Waals surface area contributed by atoms with E-state index in [1.54, 1.807) is 18.3 Å². The molecule has 0 unspecified atom stereocenters. The van der Waals surface area contributed by atoms with Gasteiger partial charge in [-0.2, -0.15) is 0 Å². The van der Waals surface area contributed by atoms with Gasteiger partial charge in [0.1, 0.15) is 23.9 Å². The Labute approximate surface area is 231 Å². The number of para-hydroxylation sites is 1. The lowest BCUT2D eigenvalue weighted by molar-refractivity contribution is -0.143. The highest BCUT2D eigenvalue weighted by molar-refractivity contribution is 5.91. The Balaban J connectivity index is 1.60. The monoisotopic (exact) mass is 538 g/mol. The van der Waals surface area contributed by atoms with Gasteiger partial charge >= 0.3 is 0 Å². The first kappa shape index (κ1) is 26.9. The Morgan fingerprint density at radius 3 is 2.55 bits per heavy atom. The van der Waals surface area contributed by atoms with E-state index >= 15 is 0 Å². The Hall–Kier alpha value is -4.66. The lowest BCUT2D eigenvalue weighted by Gasteiger charge is -2.35. The van der Waals surface area contributed by atoms with Gasteiger partial charge in [-0.1, -0.05) is 48.5 Å². The van der Waals surface area contributed by atoms with Crippen LogP contribution < -0.4 is 5.32 Å². The van der Waals surface area contributed by atoms with Crippen LogP contribution in [0.3, 0.4) is 0 Å². The fourth-order valence-corrected chi connectivity index (χ4v) is 4.59. The molecule has 1 atom stereocenters. The van der Waals surface area contributed by atoms with Crippen LogP contribution in [0.25, 0.3) is 21.9 Å². The normalized spacial score (nSPS) is 12.4. The van der Waals surface area contributed by atoms with Gasteiger partial charge < -0.3 is 10.2 Å². The zero-order valence-electron chi connectivity index (χ0n) is 22.7. The minimum atomic E-state index is -0.970. The summed E-state index contributed by atoms with van der Waals surface area (Å²) in [5.41, 5.74) is 2.99. The first-order chi connectivity index (χ1) is 19.2. The van der Waals surface area contributed by atoms with Crippen molar-refractivity contribution in [1.29, 1.82) is 0 Å². The largest absolute Gasteiger partial charge is 0.349 e. The number of amides is 2. The lowest BCUT2D eigenvalue weighted by Crippen LogP contribution is -2.50. The Bertz CT molecular complexity index is 1660. The molecule has 0 aliphatic heterocycles. The van der Waals surface area contributed by atoms with Gasteiger partial charge in [-0.05, 0) is 73.9 Å². The van der Waals surface area contributed by atoms with Crippen LogP contribution in [0.1, 0.15) is 44.4 Å². The van der Waals surface area contributed by atoms with Crippen molar-refractivity contribution >= 4 is 33.8 Å². The van der Waals surface area contributed by atoms with E-state index < -0.39 is 11.6 Å². The number of carbonyl (C=O) groups excluding carboxylic acids is 2. The molecule has 0 saturated heterocycles. The summed E-state index contributed by atoms with van der Waals surface area (Å²) in [5, 5.41) is 12.3. The third kappa shape index (κ3) is 5.83. The number of benzene rings is 3. The van der Waals surface area contributed by atoms with Crippen molar-refractivity contribution in [2.24, 2.45) is 0 Å². The molecular formula is C31H31FN6O2. The number of nitrogens with zero attached hydrogens (tertiary/aromatic N) is 5. The molecule has 0 bridgehead atoms. The zero-order valence-corrected chi connectivity index (χ0v) is 22.7. The van der Waals surface area contributed by atoms with Crippen LogP contribution in [0.4, 0.5) is 4.39 Å². The van der Waals surface area contributed by atoms with Crippen LogP contribution in [0, 0.1) is 5.82 Å². The van der Waals surface area contributed by atoms with Gasteiger partial charge in [-0.3, -0.25) is 14.6 Å². The summed E-state index contributed by atoms with van der Waals surface area (Å²) >= 11 is 0. The van der Waals surface area contributed by atoms with Crippen LogP contribution in [0.15, 0.2) is 85.1 Å². The fourth-order valence-electron chi connectivity index (χ4n) is 4.59. The quantitative estimate of drug-likeness (QED) is 0.279. The molecule has 2 heterocycles. The van der Waals surface area contributed by atoms with E-state index in [-0.39, 0.29) is 30.7 Å². The highest BCUT2D eigenvalue weighted by atomic mass is 19.1. The van der Waals surface area contributed by atoms with Crippen molar-refractivity contribution in [1.82, 2.24) is 30.2 Å². The van der Waals surface area contributed by atoms with Crippen LogP contribution >= 0.6 is 0 Å².